The molecule has 0 bridgehead atoms. The van der Waals surface area contributed by atoms with Crippen molar-refractivity contribution in [3.63, 3.8) is 0 Å². The van der Waals surface area contributed by atoms with Crippen LogP contribution < -0.4 is 11.1 Å². The number of methoxy groups -OCH3 is 1. The highest BCUT2D eigenvalue weighted by Crippen LogP contribution is 2.29. The molecule has 1 aromatic rings. The van der Waals surface area contributed by atoms with Gasteiger partial charge in [-0.3, -0.25) is 4.79 Å². The maximum Gasteiger partial charge on any atom is 0.233 e. The van der Waals surface area contributed by atoms with Crippen molar-refractivity contribution in [3.05, 3.63) is 23.8 Å². The van der Waals surface area contributed by atoms with Gasteiger partial charge in [0, 0.05) is 24.2 Å². The highest BCUT2D eigenvalue weighted by molar-refractivity contribution is 8.00. The molecule has 18 heavy (non-hydrogen) atoms. The molecule has 0 saturated heterocycles. The first kappa shape index (κ1) is 14.9. The summed E-state index contributed by atoms with van der Waals surface area (Å²) >= 11 is 1.52. The third-order valence-electron chi connectivity index (χ3n) is 2.60. The molecule has 1 rings (SSSR count). The van der Waals surface area contributed by atoms with Crippen molar-refractivity contribution in [2.24, 2.45) is 0 Å². The maximum atomic E-state index is 11.8. The summed E-state index contributed by atoms with van der Waals surface area (Å²) in [6, 6.07) is 5.75. The molecule has 3 N–H and O–H groups in total. The highest BCUT2D eigenvalue weighted by Gasteiger charge is 2.15. The average Bonchev–Trinajstić information content (AvgIpc) is 2.35. The molecule has 1 aromatic carbocycles. The Bertz CT molecular complexity index is 410. The normalized spacial score (nSPS) is 12.2. The van der Waals surface area contributed by atoms with Gasteiger partial charge in [-0.1, -0.05) is 6.07 Å². The lowest BCUT2D eigenvalue weighted by atomic mass is 10.2. The minimum atomic E-state index is -0.151. The first-order valence-electron chi connectivity index (χ1n) is 5.84. The predicted molar refractivity (Wildman–Crippen MR) is 75.8 cm³/mol. The van der Waals surface area contributed by atoms with Crippen LogP contribution in [0.4, 0.5) is 5.69 Å². The second-order valence-corrected chi connectivity index (χ2v) is 5.40. The van der Waals surface area contributed by atoms with Crippen LogP contribution in [0.3, 0.4) is 0 Å². The van der Waals surface area contributed by atoms with Crippen LogP contribution in [-0.2, 0) is 9.53 Å². The topological polar surface area (TPSA) is 64.3 Å². The minimum Gasteiger partial charge on any atom is -0.398 e. The van der Waals surface area contributed by atoms with Crippen LogP contribution in [0.2, 0.25) is 0 Å². The molecule has 0 spiro atoms. The highest BCUT2D eigenvalue weighted by atomic mass is 32.2. The number of rotatable bonds is 6. The summed E-state index contributed by atoms with van der Waals surface area (Å²) in [6.07, 6.45) is 0. The number of ether oxygens (including phenoxy) is 1. The number of nitrogen functional groups attached to an aromatic ring is 1. The van der Waals surface area contributed by atoms with E-state index in [1.807, 2.05) is 32.0 Å². The van der Waals surface area contributed by atoms with E-state index in [0.717, 1.165) is 16.1 Å². The fourth-order valence-corrected chi connectivity index (χ4v) is 2.45. The second kappa shape index (κ2) is 7.28. The van der Waals surface area contributed by atoms with Crippen molar-refractivity contribution >= 4 is 23.4 Å². The molecule has 0 radical (unpaired) electrons. The van der Waals surface area contributed by atoms with Gasteiger partial charge in [0.2, 0.25) is 5.91 Å². The Morgan fingerprint density at radius 3 is 2.94 bits per heavy atom. The lowest BCUT2D eigenvalue weighted by Crippen LogP contribution is -2.33. The molecule has 0 saturated carbocycles. The van der Waals surface area contributed by atoms with Crippen molar-refractivity contribution in [1.82, 2.24) is 5.32 Å². The van der Waals surface area contributed by atoms with E-state index in [9.17, 15) is 4.79 Å². The lowest BCUT2D eigenvalue weighted by molar-refractivity contribution is -0.120. The Balaban J connectivity index is 2.56. The van der Waals surface area contributed by atoms with Gasteiger partial charge in [0.05, 0.1) is 11.9 Å². The predicted octanol–water partition coefficient (Wildman–Crippen LogP) is 1.82. The van der Waals surface area contributed by atoms with Crippen molar-refractivity contribution in [2.75, 3.05) is 26.0 Å². The van der Waals surface area contributed by atoms with Gasteiger partial charge in [-0.15, -0.1) is 11.8 Å². The molecule has 100 valence electrons. The number of carbonyl (C=O) groups excluding carboxylic acids is 1. The molecular weight excluding hydrogens is 248 g/mol. The summed E-state index contributed by atoms with van der Waals surface area (Å²) in [5, 5.41) is 2.67. The Kier molecular flexibility index (Phi) is 6.01. The lowest BCUT2D eigenvalue weighted by Gasteiger charge is -2.14. The molecule has 1 atom stereocenters. The zero-order valence-electron chi connectivity index (χ0n) is 11.0. The molecule has 0 aliphatic heterocycles. The van der Waals surface area contributed by atoms with E-state index in [-0.39, 0.29) is 11.2 Å². The van der Waals surface area contributed by atoms with Gasteiger partial charge in [-0.2, -0.15) is 0 Å². The summed E-state index contributed by atoms with van der Waals surface area (Å²) in [6.45, 7) is 4.92. The van der Waals surface area contributed by atoms with E-state index in [1.54, 1.807) is 7.11 Å². The first-order chi connectivity index (χ1) is 8.56. The van der Waals surface area contributed by atoms with Crippen LogP contribution in [-0.4, -0.2) is 31.4 Å². The van der Waals surface area contributed by atoms with Crippen LogP contribution in [0.25, 0.3) is 0 Å². The van der Waals surface area contributed by atoms with Crippen LogP contribution in [0.5, 0.6) is 0 Å². The molecule has 5 heteroatoms. The third kappa shape index (κ3) is 4.23. The number of nitrogens with one attached hydrogen (secondary N) is 1. The standard InChI is InChI=1S/C13H20N2O2S/c1-9-11(14)5-4-6-12(9)18-10(2)13(16)15-7-8-17-3/h4-6,10H,7-8,14H2,1-3H3,(H,15,16). The van der Waals surface area contributed by atoms with Crippen molar-refractivity contribution in [1.29, 1.82) is 0 Å². The molecule has 0 aliphatic carbocycles. The molecule has 1 unspecified atom stereocenters. The Morgan fingerprint density at radius 1 is 1.56 bits per heavy atom. The Hall–Kier alpha value is -1.20. The third-order valence-corrected chi connectivity index (χ3v) is 3.87. The van der Waals surface area contributed by atoms with Crippen LogP contribution in [0, 0.1) is 6.92 Å². The number of carbonyl (C=O) groups is 1. The van der Waals surface area contributed by atoms with E-state index in [0.29, 0.717) is 13.2 Å². The summed E-state index contributed by atoms with van der Waals surface area (Å²) in [5.41, 5.74) is 7.62. The second-order valence-electron chi connectivity index (χ2n) is 4.01. The fraction of sp³-hybridized carbons (Fsp3) is 0.462. The van der Waals surface area contributed by atoms with Gasteiger partial charge in [-0.05, 0) is 31.5 Å². The molecule has 4 nitrogen and oxygen atoms in total. The van der Waals surface area contributed by atoms with Crippen molar-refractivity contribution in [2.45, 2.75) is 24.0 Å². The number of amides is 1. The molecular formula is C13H20N2O2S. The van der Waals surface area contributed by atoms with Crippen LogP contribution in [0.1, 0.15) is 12.5 Å². The maximum absolute atomic E-state index is 11.8. The molecule has 0 aromatic heterocycles. The average molecular weight is 268 g/mol. The van der Waals surface area contributed by atoms with E-state index >= 15 is 0 Å². The quantitative estimate of drug-likeness (QED) is 0.469. The van der Waals surface area contributed by atoms with E-state index in [4.69, 9.17) is 10.5 Å². The molecule has 1 amide bonds. The van der Waals surface area contributed by atoms with Gasteiger partial charge < -0.3 is 15.8 Å². The number of nitrogens with two attached hydrogens (primary N) is 1. The van der Waals surface area contributed by atoms with Gasteiger partial charge in [0.15, 0.2) is 0 Å². The summed E-state index contributed by atoms with van der Waals surface area (Å²) in [7, 11) is 1.61. The monoisotopic (exact) mass is 268 g/mol. The van der Waals surface area contributed by atoms with E-state index in [2.05, 4.69) is 5.32 Å². The summed E-state index contributed by atoms with van der Waals surface area (Å²) in [5.74, 6) is 0.0128. The first-order valence-corrected chi connectivity index (χ1v) is 6.72. The van der Waals surface area contributed by atoms with E-state index < -0.39 is 0 Å². The number of anilines is 1. The van der Waals surface area contributed by atoms with Crippen molar-refractivity contribution < 1.29 is 9.53 Å². The summed E-state index contributed by atoms with van der Waals surface area (Å²) in [4.78, 5) is 12.8. The largest absolute Gasteiger partial charge is 0.398 e. The number of benzene rings is 1. The van der Waals surface area contributed by atoms with Gasteiger partial charge in [0.1, 0.15) is 0 Å². The summed E-state index contributed by atoms with van der Waals surface area (Å²) < 4.78 is 4.89. The Labute approximate surface area is 112 Å². The molecule has 0 fully saturated rings. The molecule has 0 aliphatic rings. The molecule has 0 heterocycles. The van der Waals surface area contributed by atoms with E-state index in [1.165, 1.54) is 11.8 Å². The zero-order chi connectivity index (χ0) is 13.5. The number of thioether (sulfide) groups is 1. The zero-order valence-corrected chi connectivity index (χ0v) is 11.8. The Morgan fingerprint density at radius 2 is 2.28 bits per heavy atom. The SMILES string of the molecule is COCCNC(=O)C(C)Sc1cccc(N)c1C. The number of hydrogen-bond donors (Lipinski definition) is 2. The fourth-order valence-electron chi connectivity index (χ4n) is 1.42. The smallest absolute Gasteiger partial charge is 0.233 e. The van der Waals surface area contributed by atoms with Crippen molar-refractivity contribution in [3.8, 4) is 0 Å². The van der Waals surface area contributed by atoms with Gasteiger partial charge in [0.25, 0.3) is 0 Å². The van der Waals surface area contributed by atoms with Gasteiger partial charge in [-0.25, -0.2) is 0 Å². The minimum absolute atomic E-state index is 0.0128. The van der Waals surface area contributed by atoms with Crippen LogP contribution >= 0.6 is 11.8 Å². The van der Waals surface area contributed by atoms with Gasteiger partial charge >= 0.3 is 0 Å². The number of hydrogen-bond acceptors (Lipinski definition) is 4. The van der Waals surface area contributed by atoms with Crippen LogP contribution in [0.15, 0.2) is 23.1 Å².